The van der Waals surface area contributed by atoms with E-state index in [1.807, 2.05) is 19.1 Å². The van der Waals surface area contributed by atoms with Gasteiger partial charge in [-0.1, -0.05) is 0 Å². The molecule has 0 aliphatic carbocycles. The monoisotopic (exact) mass is 430 g/mol. The maximum Gasteiger partial charge on any atom is 0.162 e. The second-order valence-electron chi connectivity index (χ2n) is 7.87. The molecular formula is C24H26N6O2. The molecule has 1 saturated heterocycles. The number of hydrogen-bond donors (Lipinski definition) is 2. The van der Waals surface area contributed by atoms with E-state index in [2.05, 4.69) is 25.9 Å². The lowest BCUT2D eigenvalue weighted by atomic mass is 10.1. The van der Waals surface area contributed by atoms with Gasteiger partial charge in [-0.15, -0.1) is 0 Å². The van der Waals surface area contributed by atoms with Gasteiger partial charge in [0.25, 0.3) is 0 Å². The van der Waals surface area contributed by atoms with E-state index in [1.165, 1.54) is 6.42 Å². The first-order valence-corrected chi connectivity index (χ1v) is 10.7. The summed E-state index contributed by atoms with van der Waals surface area (Å²) in [5.41, 5.74) is 8.03. The molecular weight excluding hydrogens is 404 g/mol. The summed E-state index contributed by atoms with van der Waals surface area (Å²) in [6.07, 6.45) is 5.85. The zero-order valence-corrected chi connectivity index (χ0v) is 18.0. The Balaban J connectivity index is 1.68. The van der Waals surface area contributed by atoms with Gasteiger partial charge in [0.05, 0.1) is 23.3 Å². The second-order valence-corrected chi connectivity index (χ2v) is 7.87. The molecule has 0 bridgehead atoms. The number of aliphatic hydroxyl groups is 1. The number of ether oxygens (including phenoxy) is 1. The zero-order chi connectivity index (χ0) is 22.5. The molecule has 3 N–H and O–H groups in total. The number of nitriles is 1. The number of aryl methyl sites for hydroxylation is 1. The van der Waals surface area contributed by atoms with Crippen molar-refractivity contribution in [3.05, 3.63) is 59.5 Å². The van der Waals surface area contributed by atoms with E-state index in [0.717, 1.165) is 37.4 Å². The van der Waals surface area contributed by atoms with Gasteiger partial charge in [-0.05, 0) is 44.4 Å². The van der Waals surface area contributed by atoms with E-state index in [-0.39, 0.29) is 6.54 Å². The number of benzene rings is 1. The molecule has 4 rings (SSSR count). The lowest BCUT2D eigenvalue weighted by Gasteiger charge is -2.28. The van der Waals surface area contributed by atoms with Crippen LogP contribution in [0, 0.1) is 18.3 Å². The predicted octanol–water partition coefficient (Wildman–Crippen LogP) is 3.49. The van der Waals surface area contributed by atoms with Crippen molar-refractivity contribution < 1.29 is 9.84 Å². The molecule has 1 aliphatic rings. The highest BCUT2D eigenvalue weighted by atomic mass is 16.5. The van der Waals surface area contributed by atoms with Gasteiger partial charge >= 0.3 is 0 Å². The molecule has 8 heteroatoms. The maximum absolute atomic E-state index is 9.89. The van der Waals surface area contributed by atoms with Crippen molar-refractivity contribution in [1.82, 2.24) is 15.0 Å². The van der Waals surface area contributed by atoms with Crippen LogP contribution in [-0.4, -0.2) is 39.7 Å². The molecule has 1 atom stereocenters. The first-order chi connectivity index (χ1) is 15.6. The summed E-state index contributed by atoms with van der Waals surface area (Å²) in [5, 5.41) is 19.3. The number of nitrogens with zero attached hydrogens (tertiary/aromatic N) is 5. The summed E-state index contributed by atoms with van der Waals surface area (Å²) in [5.74, 6) is 2.45. The van der Waals surface area contributed by atoms with Crippen LogP contribution in [0.3, 0.4) is 0 Å². The van der Waals surface area contributed by atoms with E-state index in [4.69, 9.17) is 10.5 Å². The molecule has 0 amide bonds. The number of aliphatic hydroxyl groups excluding tert-OH is 1. The summed E-state index contributed by atoms with van der Waals surface area (Å²) in [7, 11) is 0. The average Bonchev–Trinajstić information content (AvgIpc) is 2.84. The fourth-order valence-electron chi connectivity index (χ4n) is 3.74. The Labute approximate surface area is 187 Å². The van der Waals surface area contributed by atoms with Crippen molar-refractivity contribution in [3.63, 3.8) is 0 Å². The smallest absolute Gasteiger partial charge is 0.162 e. The average molecular weight is 431 g/mol. The number of nitrogens with two attached hydrogens (primary N) is 1. The van der Waals surface area contributed by atoms with E-state index in [9.17, 15) is 10.4 Å². The van der Waals surface area contributed by atoms with Crippen LogP contribution < -0.4 is 15.4 Å². The quantitative estimate of drug-likeness (QED) is 0.609. The minimum atomic E-state index is -0.811. The Morgan fingerprint density at radius 2 is 1.91 bits per heavy atom. The first kappa shape index (κ1) is 21.7. The minimum absolute atomic E-state index is 0.0919. The lowest BCUT2D eigenvalue weighted by Crippen LogP contribution is -2.30. The Kier molecular flexibility index (Phi) is 6.59. The third-order valence-electron chi connectivity index (χ3n) is 5.45. The third-order valence-corrected chi connectivity index (χ3v) is 5.45. The van der Waals surface area contributed by atoms with E-state index in [0.29, 0.717) is 34.0 Å². The SMILES string of the molecule is Cc1cc(Oc2cc(C#N)ccc2-c2ncc(C(O)CN)cn2)cc(N2CCCCC2)n1. The highest BCUT2D eigenvalue weighted by Crippen LogP contribution is 2.34. The fraction of sp³-hybridized carbons (Fsp3) is 0.333. The number of hydrogen-bond acceptors (Lipinski definition) is 8. The summed E-state index contributed by atoms with van der Waals surface area (Å²) in [6.45, 7) is 4.01. The number of aromatic nitrogens is 3. The van der Waals surface area contributed by atoms with Crippen LogP contribution >= 0.6 is 0 Å². The zero-order valence-electron chi connectivity index (χ0n) is 18.0. The van der Waals surface area contributed by atoms with Gasteiger partial charge in [-0.3, -0.25) is 0 Å². The molecule has 8 nitrogen and oxygen atoms in total. The van der Waals surface area contributed by atoms with Crippen molar-refractivity contribution >= 4 is 5.82 Å². The van der Waals surface area contributed by atoms with Gasteiger partial charge in [0.15, 0.2) is 5.82 Å². The molecule has 0 spiro atoms. The Hall–Kier alpha value is -3.54. The van der Waals surface area contributed by atoms with Crippen LogP contribution in [-0.2, 0) is 0 Å². The molecule has 164 valence electrons. The highest BCUT2D eigenvalue weighted by Gasteiger charge is 2.16. The molecule has 0 radical (unpaired) electrons. The maximum atomic E-state index is 9.89. The summed E-state index contributed by atoms with van der Waals surface area (Å²) in [6, 6.07) is 11.1. The molecule has 2 aromatic heterocycles. The standard InChI is InChI=1S/C24H26N6O2/c1-16-9-19(11-23(29-16)30-7-3-2-4-8-30)32-22-10-17(12-25)5-6-20(22)24-27-14-18(15-28-24)21(31)13-26/h5-6,9-11,14-15,21,31H,2-4,7-8,13,26H2,1H3. The van der Waals surface area contributed by atoms with Crippen molar-refractivity contribution in [1.29, 1.82) is 5.26 Å². The molecule has 1 unspecified atom stereocenters. The molecule has 3 heterocycles. The van der Waals surface area contributed by atoms with Crippen molar-refractivity contribution in [2.24, 2.45) is 5.73 Å². The normalized spacial score (nSPS) is 14.6. The van der Waals surface area contributed by atoms with Gasteiger partial charge in [-0.2, -0.15) is 5.26 Å². The van der Waals surface area contributed by atoms with Gasteiger partial charge in [0, 0.05) is 55.4 Å². The number of pyridine rings is 1. The number of anilines is 1. The van der Waals surface area contributed by atoms with Crippen molar-refractivity contribution in [3.8, 4) is 29.0 Å². The lowest BCUT2D eigenvalue weighted by molar-refractivity contribution is 0.186. The molecule has 1 aliphatic heterocycles. The van der Waals surface area contributed by atoms with Crippen LogP contribution in [0.15, 0.2) is 42.7 Å². The Morgan fingerprint density at radius 3 is 2.59 bits per heavy atom. The Bertz CT molecular complexity index is 1120. The van der Waals surface area contributed by atoms with Crippen LogP contribution in [0.1, 0.15) is 42.2 Å². The molecule has 0 saturated carbocycles. The molecule has 32 heavy (non-hydrogen) atoms. The van der Waals surface area contributed by atoms with Crippen LogP contribution in [0.4, 0.5) is 5.82 Å². The van der Waals surface area contributed by atoms with Crippen molar-refractivity contribution in [2.75, 3.05) is 24.5 Å². The van der Waals surface area contributed by atoms with E-state index >= 15 is 0 Å². The predicted molar refractivity (Wildman–Crippen MR) is 121 cm³/mol. The molecule has 1 fully saturated rings. The van der Waals surface area contributed by atoms with Gasteiger partial charge < -0.3 is 20.5 Å². The van der Waals surface area contributed by atoms with Gasteiger partial charge in [0.1, 0.15) is 17.3 Å². The van der Waals surface area contributed by atoms with Gasteiger partial charge in [0.2, 0.25) is 0 Å². The highest BCUT2D eigenvalue weighted by molar-refractivity contribution is 5.66. The van der Waals surface area contributed by atoms with Crippen molar-refractivity contribution in [2.45, 2.75) is 32.3 Å². The van der Waals surface area contributed by atoms with Crippen LogP contribution in [0.2, 0.25) is 0 Å². The summed E-state index contributed by atoms with van der Waals surface area (Å²) < 4.78 is 6.25. The molecule has 3 aromatic rings. The number of piperidine rings is 1. The van der Waals surface area contributed by atoms with E-state index < -0.39 is 6.10 Å². The summed E-state index contributed by atoms with van der Waals surface area (Å²) in [4.78, 5) is 15.7. The third kappa shape index (κ3) is 4.85. The first-order valence-electron chi connectivity index (χ1n) is 10.7. The van der Waals surface area contributed by atoms with Gasteiger partial charge in [-0.25, -0.2) is 15.0 Å². The fourth-order valence-corrected chi connectivity index (χ4v) is 3.74. The summed E-state index contributed by atoms with van der Waals surface area (Å²) >= 11 is 0. The largest absolute Gasteiger partial charge is 0.456 e. The second kappa shape index (κ2) is 9.73. The molecule has 1 aromatic carbocycles. The minimum Gasteiger partial charge on any atom is -0.456 e. The van der Waals surface area contributed by atoms with E-state index in [1.54, 1.807) is 30.6 Å². The topological polar surface area (TPSA) is 121 Å². The van der Waals surface area contributed by atoms with Crippen LogP contribution in [0.5, 0.6) is 11.5 Å². The number of rotatable bonds is 6. The van der Waals surface area contributed by atoms with Crippen LogP contribution in [0.25, 0.3) is 11.4 Å². The Morgan fingerprint density at radius 1 is 1.16 bits per heavy atom.